The Labute approximate surface area is 108 Å². The average Bonchev–Trinajstić information content (AvgIpc) is 2.73. The second kappa shape index (κ2) is 4.31. The molecule has 0 saturated heterocycles. The van der Waals surface area contributed by atoms with Gasteiger partial charge in [0.25, 0.3) is 0 Å². The quantitative estimate of drug-likeness (QED) is 0.770. The van der Waals surface area contributed by atoms with E-state index in [1.807, 2.05) is 18.2 Å². The van der Waals surface area contributed by atoms with Gasteiger partial charge in [0, 0.05) is 18.2 Å². The monoisotopic (exact) mass is 259 g/mol. The zero-order chi connectivity index (χ0) is 12.5. The van der Waals surface area contributed by atoms with Gasteiger partial charge in [-0.2, -0.15) is 5.10 Å². The summed E-state index contributed by atoms with van der Waals surface area (Å²) >= 11 is 5.88. The molecule has 0 amide bonds. The molecule has 5 heteroatoms. The van der Waals surface area contributed by atoms with Gasteiger partial charge in [-0.1, -0.05) is 29.8 Å². The Morgan fingerprint density at radius 3 is 2.83 bits per heavy atom. The van der Waals surface area contributed by atoms with E-state index in [4.69, 9.17) is 11.6 Å². The number of rotatable bonds is 2. The van der Waals surface area contributed by atoms with Crippen molar-refractivity contribution in [2.45, 2.75) is 6.42 Å². The number of pyridine rings is 1. The normalized spacial score (nSPS) is 10.9. The highest BCUT2D eigenvalue weighted by Gasteiger charge is 2.07. The number of phenolic OH excluding ortho intramolecular Hbond substituents is 1. The van der Waals surface area contributed by atoms with E-state index in [9.17, 15) is 5.11 Å². The predicted octanol–water partition coefficient (Wildman–Crippen LogP) is 2.68. The molecule has 0 aliphatic rings. The topological polar surface area (TPSA) is 50.4 Å². The van der Waals surface area contributed by atoms with E-state index in [0.29, 0.717) is 17.3 Å². The zero-order valence-corrected chi connectivity index (χ0v) is 10.2. The van der Waals surface area contributed by atoms with E-state index in [2.05, 4.69) is 10.1 Å². The Morgan fingerprint density at radius 1 is 1.17 bits per heavy atom. The van der Waals surface area contributed by atoms with Gasteiger partial charge in [0.15, 0.2) is 11.5 Å². The van der Waals surface area contributed by atoms with E-state index in [0.717, 1.165) is 11.2 Å². The summed E-state index contributed by atoms with van der Waals surface area (Å²) in [6.07, 6.45) is 2.20. The molecule has 2 aromatic heterocycles. The van der Waals surface area contributed by atoms with Crippen molar-refractivity contribution in [1.29, 1.82) is 0 Å². The third-order valence-electron chi connectivity index (χ3n) is 2.68. The van der Waals surface area contributed by atoms with Crippen molar-refractivity contribution in [3.05, 3.63) is 59.0 Å². The van der Waals surface area contributed by atoms with Crippen molar-refractivity contribution in [1.82, 2.24) is 14.6 Å². The molecule has 3 rings (SSSR count). The molecule has 0 unspecified atom stereocenters. The molecule has 2 heterocycles. The molecule has 0 fully saturated rings. The molecule has 1 N–H and O–H groups in total. The molecule has 3 aromatic rings. The number of phenols is 1. The number of aromatic nitrogens is 3. The van der Waals surface area contributed by atoms with Crippen molar-refractivity contribution in [2.24, 2.45) is 0 Å². The maximum atomic E-state index is 9.71. The third-order valence-corrected chi connectivity index (χ3v) is 2.90. The number of benzene rings is 1. The van der Waals surface area contributed by atoms with Crippen molar-refractivity contribution in [2.75, 3.05) is 0 Å². The van der Waals surface area contributed by atoms with E-state index in [1.54, 1.807) is 28.9 Å². The number of hydrogen-bond acceptors (Lipinski definition) is 3. The van der Waals surface area contributed by atoms with Crippen LogP contribution in [-0.2, 0) is 6.42 Å². The van der Waals surface area contributed by atoms with Crippen LogP contribution in [0.4, 0.5) is 0 Å². The standard InChI is InChI=1S/C13H10ClN3O/c14-10-5-6-13-15-12(16-17(13)8-10)7-9-3-1-2-4-11(9)18/h1-6,8,18H,7H2. The minimum absolute atomic E-state index is 0.259. The lowest BCUT2D eigenvalue weighted by Crippen LogP contribution is -1.92. The summed E-state index contributed by atoms with van der Waals surface area (Å²) < 4.78 is 1.64. The lowest BCUT2D eigenvalue weighted by molar-refractivity contribution is 0.469. The van der Waals surface area contributed by atoms with Crippen LogP contribution in [0.25, 0.3) is 5.65 Å². The third kappa shape index (κ3) is 2.02. The van der Waals surface area contributed by atoms with Crippen LogP contribution >= 0.6 is 11.6 Å². The van der Waals surface area contributed by atoms with Gasteiger partial charge in [0.1, 0.15) is 5.75 Å². The van der Waals surface area contributed by atoms with Gasteiger partial charge < -0.3 is 5.11 Å². The Kier molecular flexibility index (Phi) is 2.64. The number of para-hydroxylation sites is 1. The summed E-state index contributed by atoms with van der Waals surface area (Å²) in [4.78, 5) is 4.37. The minimum Gasteiger partial charge on any atom is -0.508 e. The Balaban J connectivity index is 1.98. The van der Waals surface area contributed by atoms with Gasteiger partial charge in [-0.05, 0) is 18.2 Å². The minimum atomic E-state index is 0.259. The molecule has 18 heavy (non-hydrogen) atoms. The molecular weight excluding hydrogens is 250 g/mol. The van der Waals surface area contributed by atoms with Crippen LogP contribution in [-0.4, -0.2) is 19.7 Å². The predicted molar refractivity (Wildman–Crippen MR) is 68.9 cm³/mol. The molecule has 0 bridgehead atoms. The first-order chi connectivity index (χ1) is 8.72. The number of hydrogen-bond donors (Lipinski definition) is 1. The Hall–Kier alpha value is -2.07. The number of aromatic hydroxyl groups is 1. The first kappa shape index (κ1) is 11.0. The van der Waals surface area contributed by atoms with E-state index in [-0.39, 0.29) is 5.75 Å². The van der Waals surface area contributed by atoms with Gasteiger partial charge in [-0.25, -0.2) is 9.50 Å². The van der Waals surface area contributed by atoms with Crippen molar-refractivity contribution in [3.8, 4) is 5.75 Å². The van der Waals surface area contributed by atoms with Crippen LogP contribution in [0.1, 0.15) is 11.4 Å². The molecule has 0 aliphatic heterocycles. The summed E-state index contributed by atoms with van der Waals surface area (Å²) in [5.41, 5.74) is 1.55. The fraction of sp³-hybridized carbons (Fsp3) is 0.0769. The summed E-state index contributed by atoms with van der Waals surface area (Å²) in [6.45, 7) is 0. The van der Waals surface area contributed by atoms with E-state index < -0.39 is 0 Å². The van der Waals surface area contributed by atoms with E-state index >= 15 is 0 Å². The maximum absolute atomic E-state index is 9.71. The summed E-state index contributed by atoms with van der Waals surface area (Å²) in [5, 5.41) is 14.6. The highest BCUT2D eigenvalue weighted by atomic mass is 35.5. The molecule has 0 aliphatic carbocycles. The average molecular weight is 260 g/mol. The summed E-state index contributed by atoms with van der Waals surface area (Å²) in [5.74, 6) is 0.910. The first-order valence-electron chi connectivity index (χ1n) is 5.50. The van der Waals surface area contributed by atoms with Crippen LogP contribution in [0.5, 0.6) is 5.75 Å². The maximum Gasteiger partial charge on any atom is 0.156 e. The molecule has 1 aromatic carbocycles. The molecule has 0 saturated carbocycles. The van der Waals surface area contributed by atoms with Crippen LogP contribution < -0.4 is 0 Å². The molecule has 0 spiro atoms. The van der Waals surface area contributed by atoms with Gasteiger partial charge in [-0.15, -0.1) is 0 Å². The van der Waals surface area contributed by atoms with Crippen molar-refractivity contribution < 1.29 is 5.11 Å². The van der Waals surface area contributed by atoms with Gasteiger partial charge in [-0.3, -0.25) is 0 Å². The number of nitrogens with zero attached hydrogens (tertiary/aromatic N) is 3. The molecule has 4 nitrogen and oxygen atoms in total. The van der Waals surface area contributed by atoms with Gasteiger partial charge in [0.2, 0.25) is 0 Å². The van der Waals surface area contributed by atoms with Gasteiger partial charge >= 0.3 is 0 Å². The molecule has 0 atom stereocenters. The first-order valence-corrected chi connectivity index (χ1v) is 5.88. The summed E-state index contributed by atoms with van der Waals surface area (Å²) in [6, 6.07) is 10.8. The van der Waals surface area contributed by atoms with Crippen LogP contribution in [0.2, 0.25) is 5.02 Å². The highest BCUT2D eigenvalue weighted by Crippen LogP contribution is 2.19. The lowest BCUT2D eigenvalue weighted by Gasteiger charge is -1.99. The van der Waals surface area contributed by atoms with Crippen molar-refractivity contribution in [3.63, 3.8) is 0 Å². The summed E-state index contributed by atoms with van der Waals surface area (Å²) in [7, 11) is 0. The number of halogens is 1. The van der Waals surface area contributed by atoms with Crippen LogP contribution in [0.15, 0.2) is 42.6 Å². The Morgan fingerprint density at radius 2 is 2.00 bits per heavy atom. The van der Waals surface area contributed by atoms with Gasteiger partial charge in [0.05, 0.1) is 5.02 Å². The SMILES string of the molecule is Oc1ccccc1Cc1nc2ccc(Cl)cn2n1. The van der Waals surface area contributed by atoms with E-state index in [1.165, 1.54) is 0 Å². The molecular formula is C13H10ClN3O. The van der Waals surface area contributed by atoms with Crippen LogP contribution in [0, 0.1) is 0 Å². The number of fused-ring (bicyclic) bond motifs is 1. The molecule has 0 radical (unpaired) electrons. The largest absolute Gasteiger partial charge is 0.508 e. The second-order valence-corrected chi connectivity index (χ2v) is 4.42. The lowest BCUT2D eigenvalue weighted by atomic mass is 10.1. The highest BCUT2D eigenvalue weighted by molar-refractivity contribution is 6.30. The smallest absolute Gasteiger partial charge is 0.156 e. The van der Waals surface area contributed by atoms with Crippen molar-refractivity contribution >= 4 is 17.2 Å². The fourth-order valence-corrected chi connectivity index (χ4v) is 1.97. The second-order valence-electron chi connectivity index (χ2n) is 3.98. The fourth-order valence-electron chi connectivity index (χ4n) is 1.81. The molecule has 90 valence electrons. The van der Waals surface area contributed by atoms with Crippen LogP contribution in [0.3, 0.4) is 0 Å². The Bertz CT molecular complexity index is 708. The zero-order valence-electron chi connectivity index (χ0n) is 9.42.